The molecule has 0 fully saturated rings. The minimum absolute atomic E-state index is 0.255. The number of aromatic nitrogens is 2. The predicted molar refractivity (Wildman–Crippen MR) is 127 cm³/mol. The molecule has 1 aromatic heterocycles. The molecule has 0 aliphatic carbocycles. The molecule has 0 unspecified atom stereocenters. The lowest BCUT2D eigenvalue weighted by Gasteiger charge is -2.19. The molecule has 1 aliphatic heterocycles. The number of carbonyl (C=O) groups excluding carboxylic acids is 3. The van der Waals surface area contributed by atoms with Gasteiger partial charge in [0.1, 0.15) is 18.8 Å². The van der Waals surface area contributed by atoms with Gasteiger partial charge in [-0.05, 0) is 37.6 Å². The number of imide groups is 1. The van der Waals surface area contributed by atoms with Crippen LogP contribution in [0.25, 0.3) is 0 Å². The van der Waals surface area contributed by atoms with Crippen molar-refractivity contribution in [2.24, 2.45) is 0 Å². The average molecular weight is 499 g/mol. The number of carbonyl (C=O) groups is 3. The maximum Gasteiger partial charge on any atom is 0.342 e. The minimum Gasteiger partial charge on any atom is -0.486 e. The molecule has 3 amide bonds. The Morgan fingerprint density at radius 2 is 1.83 bits per heavy atom. The van der Waals surface area contributed by atoms with Crippen LogP contribution < -0.4 is 20.1 Å². The van der Waals surface area contributed by atoms with E-state index in [2.05, 4.69) is 15.7 Å². The van der Waals surface area contributed by atoms with Gasteiger partial charge in [0.2, 0.25) is 0 Å². The number of anilines is 1. The number of urea groups is 1. The standard InChI is InChI=1S/C24H23ClN4O6/c1-14-22(15(2)29(28-14)12-16-5-3-4-6-18(16)25)23(31)35-13-21(30)27-24(32)26-17-7-8-19-20(11-17)34-10-9-33-19/h3-8,11H,9-10,12-13H2,1-2H3,(H2,26,27,30,32). The van der Waals surface area contributed by atoms with Gasteiger partial charge in [0.15, 0.2) is 18.1 Å². The summed E-state index contributed by atoms with van der Waals surface area (Å²) in [7, 11) is 0. The van der Waals surface area contributed by atoms with E-state index in [1.54, 1.807) is 42.8 Å². The van der Waals surface area contributed by atoms with Crippen molar-refractivity contribution in [3.8, 4) is 11.5 Å². The van der Waals surface area contributed by atoms with Crippen LogP contribution in [0.15, 0.2) is 42.5 Å². The molecule has 10 nitrogen and oxygen atoms in total. The zero-order chi connectivity index (χ0) is 24.9. The third-order valence-corrected chi connectivity index (χ3v) is 5.62. The highest BCUT2D eigenvalue weighted by atomic mass is 35.5. The highest BCUT2D eigenvalue weighted by Gasteiger charge is 2.22. The van der Waals surface area contributed by atoms with Gasteiger partial charge in [-0.1, -0.05) is 29.8 Å². The Labute approximate surface area is 206 Å². The van der Waals surface area contributed by atoms with E-state index in [9.17, 15) is 14.4 Å². The van der Waals surface area contributed by atoms with Gasteiger partial charge in [0.25, 0.3) is 5.91 Å². The number of amides is 3. The van der Waals surface area contributed by atoms with Crippen LogP contribution in [0.5, 0.6) is 11.5 Å². The molecule has 11 heteroatoms. The highest BCUT2D eigenvalue weighted by Crippen LogP contribution is 2.32. The number of benzene rings is 2. The normalized spacial score (nSPS) is 12.1. The third kappa shape index (κ3) is 5.72. The van der Waals surface area contributed by atoms with Crippen molar-refractivity contribution >= 4 is 35.2 Å². The molecular formula is C24H23ClN4O6. The van der Waals surface area contributed by atoms with E-state index in [0.717, 1.165) is 5.56 Å². The summed E-state index contributed by atoms with van der Waals surface area (Å²) in [6, 6.07) is 11.4. The van der Waals surface area contributed by atoms with Gasteiger partial charge in [-0.2, -0.15) is 5.10 Å². The number of ether oxygens (including phenoxy) is 3. The average Bonchev–Trinajstić information content (AvgIpc) is 3.11. The maximum absolute atomic E-state index is 12.6. The topological polar surface area (TPSA) is 121 Å². The van der Waals surface area contributed by atoms with E-state index in [1.807, 2.05) is 18.2 Å². The number of aryl methyl sites for hydroxylation is 1. The van der Waals surface area contributed by atoms with E-state index in [0.29, 0.717) is 53.4 Å². The highest BCUT2D eigenvalue weighted by molar-refractivity contribution is 6.31. The van der Waals surface area contributed by atoms with Crippen molar-refractivity contribution in [3.05, 3.63) is 70.0 Å². The van der Waals surface area contributed by atoms with Crippen molar-refractivity contribution in [2.75, 3.05) is 25.1 Å². The van der Waals surface area contributed by atoms with Crippen LogP contribution in [0.3, 0.4) is 0 Å². The number of hydrogen-bond acceptors (Lipinski definition) is 7. The summed E-state index contributed by atoms with van der Waals surface area (Å²) < 4.78 is 17.6. The number of nitrogens with one attached hydrogen (secondary N) is 2. The Morgan fingerprint density at radius 3 is 2.60 bits per heavy atom. The first-order valence-electron chi connectivity index (χ1n) is 10.8. The third-order valence-electron chi connectivity index (χ3n) is 5.25. The van der Waals surface area contributed by atoms with Crippen LogP contribution in [0.4, 0.5) is 10.5 Å². The molecular weight excluding hydrogens is 476 g/mol. The smallest absolute Gasteiger partial charge is 0.342 e. The van der Waals surface area contributed by atoms with Crippen LogP contribution in [-0.2, 0) is 16.1 Å². The van der Waals surface area contributed by atoms with E-state index in [-0.39, 0.29) is 5.56 Å². The lowest BCUT2D eigenvalue weighted by atomic mass is 10.2. The van der Waals surface area contributed by atoms with E-state index in [4.69, 9.17) is 25.8 Å². The fourth-order valence-corrected chi connectivity index (χ4v) is 3.78. The molecule has 0 atom stereocenters. The molecule has 2 aromatic carbocycles. The summed E-state index contributed by atoms with van der Waals surface area (Å²) in [5.41, 5.74) is 2.54. The molecule has 2 heterocycles. The molecule has 0 radical (unpaired) electrons. The first kappa shape index (κ1) is 24.1. The lowest BCUT2D eigenvalue weighted by molar-refractivity contribution is -0.123. The van der Waals surface area contributed by atoms with Gasteiger partial charge in [-0.25, -0.2) is 9.59 Å². The van der Waals surface area contributed by atoms with E-state index < -0.39 is 24.5 Å². The fraction of sp³-hybridized carbons (Fsp3) is 0.250. The number of halogens is 1. The zero-order valence-corrected chi connectivity index (χ0v) is 19.8. The second-order valence-electron chi connectivity index (χ2n) is 7.73. The number of rotatable bonds is 6. The summed E-state index contributed by atoms with van der Waals surface area (Å²) >= 11 is 6.22. The molecule has 0 spiro atoms. The van der Waals surface area contributed by atoms with Crippen LogP contribution in [0, 0.1) is 13.8 Å². The van der Waals surface area contributed by atoms with Gasteiger partial charge < -0.3 is 19.5 Å². The summed E-state index contributed by atoms with van der Waals surface area (Å²) in [5, 5.41) is 9.62. The van der Waals surface area contributed by atoms with Crippen molar-refractivity contribution < 1.29 is 28.6 Å². The monoisotopic (exact) mass is 498 g/mol. The first-order valence-corrected chi connectivity index (χ1v) is 11.1. The van der Waals surface area contributed by atoms with Gasteiger partial charge in [0.05, 0.1) is 17.9 Å². The number of fused-ring (bicyclic) bond motifs is 1. The molecule has 1 aliphatic rings. The second-order valence-corrected chi connectivity index (χ2v) is 8.14. The molecule has 0 saturated heterocycles. The van der Waals surface area contributed by atoms with Crippen molar-refractivity contribution in [1.29, 1.82) is 0 Å². The Morgan fingerprint density at radius 1 is 1.09 bits per heavy atom. The number of hydrogen-bond donors (Lipinski definition) is 2. The summed E-state index contributed by atoms with van der Waals surface area (Å²) in [4.78, 5) is 36.9. The summed E-state index contributed by atoms with van der Waals surface area (Å²) in [6.45, 7) is 4.00. The molecule has 3 aromatic rings. The van der Waals surface area contributed by atoms with Crippen molar-refractivity contribution in [3.63, 3.8) is 0 Å². The molecule has 0 saturated carbocycles. The van der Waals surface area contributed by atoms with Gasteiger partial charge >= 0.3 is 12.0 Å². The Bertz CT molecular complexity index is 1290. The maximum atomic E-state index is 12.6. The Kier molecular flexibility index (Phi) is 7.21. The Hall–Kier alpha value is -4.05. The van der Waals surface area contributed by atoms with Gasteiger partial charge in [0, 0.05) is 16.8 Å². The van der Waals surface area contributed by atoms with Crippen LogP contribution in [0.2, 0.25) is 5.02 Å². The van der Waals surface area contributed by atoms with E-state index in [1.165, 1.54) is 0 Å². The van der Waals surface area contributed by atoms with E-state index >= 15 is 0 Å². The van der Waals surface area contributed by atoms with Crippen LogP contribution >= 0.6 is 11.6 Å². The fourth-order valence-electron chi connectivity index (χ4n) is 3.58. The molecule has 35 heavy (non-hydrogen) atoms. The van der Waals surface area contributed by atoms with Crippen LogP contribution in [-0.4, -0.2) is 47.5 Å². The summed E-state index contributed by atoms with van der Waals surface area (Å²) in [5.74, 6) is -0.430. The molecule has 4 rings (SSSR count). The number of esters is 1. The zero-order valence-electron chi connectivity index (χ0n) is 19.1. The predicted octanol–water partition coefficient (Wildman–Crippen LogP) is 3.48. The molecule has 0 bridgehead atoms. The number of nitrogens with zero attached hydrogens (tertiary/aromatic N) is 2. The lowest BCUT2D eigenvalue weighted by Crippen LogP contribution is -2.37. The van der Waals surface area contributed by atoms with Crippen LogP contribution in [0.1, 0.15) is 27.3 Å². The molecule has 2 N–H and O–H groups in total. The Balaban J connectivity index is 1.31. The minimum atomic E-state index is -0.785. The first-order chi connectivity index (χ1) is 16.8. The SMILES string of the molecule is Cc1nn(Cc2ccccc2Cl)c(C)c1C(=O)OCC(=O)NC(=O)Nc1ccc2c(c1)OCCO2. The van der Waals surface area contributed by atoms with Gasteiger partial charge in [-0.3, -0.25) is 14.8 Å². The molecule has 182 valence electrons. The summed E-state index contributed by atoms with van der Waals surface area (Å²) in [6.07, 6.45) is 0. The largest absolute Gasteiger partial charge is 0.486 e. The van der Waals surface area contributed by atoms with Crippen molar-refractivity contribution in [1.82, 2.24) is 15.1 Å². The quantitative estimate of drug-likeness (QED) is 0.499. The van der Waals surface area contributed by atoms with Gasteiger partial charge in [-0.15, -0.1) is 0 Å². The van der Waals surface area contributed by atoms with Crippen molar-refractivity contribution in [2.45, 2.75) is 20.4 Å². The second kappa shape index (κ2) is 10.5.